The number of nitrogens with zero attached hydrogens (tertiary/aromatic N) is 2. The van der Waals surface area contributed by atoms with Gasteiger partial charge < -0.3 is 20.2 Å². The third-order valence-corrected chi connectivity index (χ3v) is 9.05. The monoisotopic (exact) mass is 584 g/mol. The van der Waals surface area contributed by atoms with E-state index >= 15 is 0 Å². The predicted molar refractivity (Wildman–Crippen MR) is 142 cm³/mol. The van der Waals surface area contributed by atoms with Crippen LogP contribution >= 0.6 is 0 Å². The van der Waals surface area contributed by atoms with E-state index in [0.717, 1.165) is 37.3 Å². The number of aromatic nitrogens is 1. The summed E-state index contributed by atoms with van der Waals surface area (Å²) in [5.41, 5.74) is 1.14. The van der Waals surface area contributed by atoms with Crippen molar-refractivity contribution in [1.29, 1.82) is 0 Å². The van der Waals surface area contributed by atoms with Crippen molar-refractivity contribution in [1.82, 2.24) is 10.3 Å². The second-order valence-electron chi connectivity index (χ2n) is 11.7. The first kappa shape index (κ1) is 27.1. The number of fused-ring (bicyclic) bond motifs is 3. The molecule has 4 fully saturated rings. The van der Waals surface area contributed by atoms with Gasteiger partial charge in [-0.1, -0.05) is 16.8 Å². The number of benzene rings is 1. The minimum absolute atomic E-state index is 0.0387. The first-order chi connectivity index (χ1) is 20.2. The molecule has 6 atom stereocenters. The van der Waals surface area contributed by atoms with Crippen LogP contribution in [-0.2, 0) is 20.5 Å². The predicted octanol–water partition coefficient (Wildman–Crippen LogP) is 4.72. The summed E-state index contributed by atoms with van der Waals surface area (Å²) in [6.45, 7) is 0.918. The van der Waals surface area contributed by atoms with Crippen molar-refractivity contribution in [2.24, 2.45) is 34.7 Å². The summed E-state index contributed by atoms with van der Waals surface area (Å²) >= 11 is 0. The van der Waals surface area contributed by atoms with Gasteiger partial charge in [-0.2, -0.15) is 13.2 Å². The number of hydrogen-bond donors (Lipinski definition) is 2. The highest BCUT2D eigenvalue weighted by Crippen LogP contribution is 2.54. The number of carbonyl (C=O) groups is 2. The lowest BCUT2D eigenvalue weighted by Crippen LogP contribution is -2.48. The number of amides is 2. The molecule has 42 heavy (non-hydrogen) atoms. The number of rotatable bonds is 6. The maximum Gasteiger partial charge on any atom is 0.419 e. The Hall–Kier alpha value is -3.80. The smallest absolute Gasteiger partial charge is 0.389 e. The molecule has 7 rings (SSSR count). The number of halogens is 4. The second-order valence-corrected chi connectivity index (χ2v) is 11.7. The number of alkyl halides is 3. The number of hydrogen-bond acceptors (Lipinski definition) is 6. The van der Waals surface area contributed by atoms with Gasteiger partial charge in [-0.05, 0) is 61.8 Å². The van der Waals surface area contributed by atoms with Gasteiger partial charge in [0, 0.05) is 35.6 Å². The van der Waals surface area contributed by atoms with E-state index in [1.165, 1.54) is 6.20 Å². The summed E-state index contributed by atoms with van der Waals surface area (Å²) in [6, 6.07) is 3.52. The van der Waals surface area contributed by atoms with Gasteiger partial charge in [0.1, 0.15) is 5.82 Å². The molecule has 2 bridgehead atoms. The first-order valence-electron chi connectivity index (χ1n) is 14.1. The van der Waals surface area contributed by atoms with Gasteiger partial charge in [0.15, 0.2) is 6.10 Å². The quantitative estimate of drug-likeness (QED) is 0.378. The van der Waals surface area contributed by atoms with Gasteiger partial charge in [0.2, 0.25) is 5.91 Å². The van der Waals surface area contributed by atoms with Gasteiger partial charge >= 0.3 is 6.18 Å². The third-order valence-electron chi connectivity index (χ3n) is 9.05. The van der Waals surface area contributed by atoms with Crippen molar-refractivity contribution in [2.45, 2.75) is 44.0 Å². The molecular weight excluding hydrogens is 556 g/mol. The Morgan fingerprint density at radius 1 is 1.00 bits per heavy atom. The molecule has 3 heterocycles. The van der Waals surface area contributed by atoms with Crippen LogP contribution in [0.5, 0.6) is 0 Å². The van der Waals surface area contributed by atoms with E-state index in [1.54, 1.807) is 12.3 Å². The number of ether oxygens (including phenoxy) is 1. The minimum Gasteiger partial charge on any atom is -0.389 e. The van der Waals surface area contributed by atoms with Crippen molar-refractivity contribution < 1.29 is 36.7 Å². The van der Waals surface area contributed by atoms with Crippen LogP contribution in [0.4, 0.5) is 23.2 Å². The van der Waals surface area contributed by atoms with E-state index in [9.17, 15) is 27.2 Å². The van der Waals surface area contributed by atoms with Gasteiger partial charge in [0.25, 0.3) is 5.91 Å². The minimum atomic E-state index is -4.90. The van der Waals surface area contributed by atoms with Crippen molar-refractivity contribution in [3.8, 4) is 0 Å². The largest absolute Gasteiger partial charge is 0.419 e. The standard InChI is InChI=1S/C30H28F4N4O4/c31-23-6-3-17(9-22(23)30(32,33)34)36-29(40)25-18-4-5-19(20(18)7-14-1-2-14)27(25)37-28(39)16-8-15(10-35-11-16)26-21-12-41-13-24(21)42-38-26/h3,6-11,14,18-19,21,24-25,27H,1-2,4-5,12-13H2,(H,36,40)(H,37,39)/b20-7-/t18?,19?,21?,24?,25-,27+/m0/s1. The zero-order valence-electron chi connectivity index (χ0n) is 22.4. The van der Waals surface area contributed by atoms with Crippen LogP contribution in [0.15, 0.2) is 53.5 Å². The zero-order valence-corrected chi connectivity index (χ0v) is 22.4. The highest BCUT2D eigenvalue weighted by molar-refractivity contribution is 6.05. The molecule has 2 N–H and O–H groups in total. The van der Waals surface area contributed by atoms with Crippen molar-refractivity contribution in [3.05, 3.63) is 70.8 Å². The normalized spacial score (nSPS) is 30.7. The van der Waals surface area contributed by atoms with Crippen molar-refractivity contribution in [2.75, 3.05) is 18.5 Å². The molecule has 3 aliphatic carbocycles. The Morgan fingerprint density at radius 3 is 2.60 bits per heavy atom. The lowest BCUT2D eigenvalue weighted by atomic mass is 9.83. The summed E-state index contributed by atoms with van der Waals surface area (Å²) in [7, 11) is 0. The molecule has 3 saturated carbocycles. The molecule has 2 amide bonds. The number of carbonyl (C=O) groups excluding carboxylic acids is 2. The molecule has 1 aromatic heterocycles. The SMILES string of the molecule is O=C(N[C@@H]1C2CCC(/C2=C/C2CC2)[C@@H]1C(=O)Nc1ccc(F)c(C(F)(F)F)c1)c1cncc(C2=NOC3COCC23)c1. The molecule has 1 saturated heterocycles. The fourth-order valence-corrected chi connectivity index (χ4v) is 6.90. The summed E-state index contributed by atoms with van der Waals surface area (Å²) in [4.78, 5) is 36.9. The molecule has 0 radical (unpaired) electrons. The fraction of sp³-hybridized carbons (Fsp3) is 0.467. The highest BCUT2D eigenvalue weighted by atomic mass is 19.4. The van der Waals surface area contributed by atoms with E-state index < -0.39 is 41.3 Å². The highest BCUT2D eigenvalue weighted by Gasteiger charge is 2.55. The third kappa shape index (κ3) is 4.85. The van der Waals surface area contributed by atoms with E-state index in [0.29, 0.717) is 48.1 Å². The number of nitrogens with one attached hydrogen (secondary N) is 2. The van der Waals surface area contributed by atoms with Crippen LogP contribution in [0, 0.1) is 35.4 Å². The summed E-state index contributed by atoms with van der Waals surface area (Å²) in [6.07, 6.45) is 3.90. The molecular formula is C30H28F4N4O4. The molecule has 8 nitrogen and oxygen atoms in total. The number of anilines is 1. The Kier molecular flexibility index (Phi) is 6.56. The van der Waals surface area contributed by atoms with E-state index in [4.69, 9.17) is 9.57 Å². The average Bonchev–Trinajstić information content (AvgIpc) is 3.23. The second kappa shape index (κ2) is 10.2. The Labute approximate surface area is 238 Å². The van der Waals surface area contributed by atoms with Crippen LogP contribution in [0.25, 0.3) is 0 Å². The zero-order chi connectivity index (χ0) is 29.2. The lowest BCUT2D eigenvalue weighted by Gasteiger charge is -2.30. The van der Waals surface area contributed by atoms with Crippen LogP contribution in [-0.4, -0.2) is 47.9 Å². The summed E-state index contributed by atoms with van der Waals surface area (Å²) < 4.78 is 59.2. The Morgan fingerprint density at radius 2 is 1.81 bits per heavy atom. The topological polar surface area (TPSA) is 102 Å². The summed E-state index contributed by atoms with van der Waals surface area (Å²) in [5.74, 6) is -2.82. The molecule has 2 aromatic rings. The number of oxime groups is 1. The Balaban J connectivity index is 1.14. The molecule has 1 aromatic carbocycles. The van der Waals surface area contributed by atoms with Crippen molar-refractivity contribution >= 4 is 23.2 Å². The van der Waals surface area contributed by atoms with Gasteiger partial charge in [-0.15, -0.1) is 0 Å². The maximum atomic E-state index is 13.8. The van der Waals surface area contributed by atoms with Crippen LogP contribution < -0.4 is 10.6 Å². The van der Waals surface area contributed by atoms with E-state index in [-0.39, 0.29) is 29.5 Å². The van der Waals surface area contributed by atoms with Crippen molar-refractivity contribution in [3.63, 3.8) is 0 Å². The van der Waals surface area contributed by atoms with E-state index in [1.807, 2.05) is 0 Å². The molecule has 220 valence electrons. The summed E-state index contributed by atoms with van der Waals surface area (Å²) in [5, 5.41) is 9.81. The molecule has 12 heteroatoms. The Bertz CT molecular complexity index is 1500. The van der Waals surface area contributed by atoms with Gasteiger partial charge in [-0.3, -0.25) is 14.6 Å². The maximum absolute atomic E-state index is 13.8. The van der Waals surface area contributed by atoms with Gasteiger partial charge in [0.05, 0.1) is 41.9 Å². The fourth-order valence-electron chi connectivity index (χ4n) is 6.90. The molecule has 4 unspecified atom stereocenters. The van der Waals surface area contributed by atoms with E-state index in [2.05, 4.69) is 26.8 Å². The lowest BCUT2D eigenvalue weighted by molar-refractivity contribution is -0.140. The first-order valence-corrected chi connectivity index (χ1v) is 14.1. The van der Waals surface area contributed by atoms with Crippen LogP contribution in [0.2, 0.25) is 0 Å². The number of allylic oxidation sites excluding steroid dienone is 1. The average molecular weight is 585 g/mol. The van der Waals surface area contributed by atoms with Gasteiger partial charge in [-0.25, -0.2) is 4.39 Å². The van der Waals surface area contributed by atoms with Crippen LogP contribution in [0.1, 0.15) is 47.2 Å². The molecule has 0 spiro atoms. The number of pyridine rings is 1. The molecule has 2 aliphatic heterocycles. The molecule has 5 aliphatic rings. The van der Waals surface area contributed by atoms with Crippen LogP contribution in [0.3, 0.4) is 0 Å².